The Hall–Kier alpha value is -0.860. The highest BCUT2D eigenvalue weighted by atomic mass is 35.5. The number of carbonyl (C=O) groups excluding carboxylic acids is 1. The van der Waals surface area contributed by atoms with Crippen molar-refractivity contribution in [2.75, 3.05) is 32.0 Å². The van der Waals surface area contributed by atoms with Gasteiger partial charge in [-0.25, -0.2) is 0 Å². The highest BCUT2D eigenvalue weighted by Crippen LogP contribution is 2.24. The van der Waals surface area contributed by atoms with Crippen LogP contribution in [0, 0.1) is 0 Å². The number of anilines is 1. The Morgan fingerprint density at radius 2 is 1.77 bits per heavy atom. The molecular weight excluding hydrogens is 349 g/mol. The summed E-state index contributed by atoms with van der Waals surface area (Å²) in [6.07, 6.45) is 0. The van der Waals surface area contributed by atoms with E-state index in [1.165, 1.54) is 17.4 Å². The van der Waals surface area contributed by atoms with E-state index in [2.05, 4.69) is 5.32 Å². The first-order chi connectivity index (χ1) is 10.2. The van der Waals surface area contributed by atoms with E-state index >= 15 is 0 Å². The summed E-state index contributed by atoms with van der Waals surface area (Å²) in [6.45, 7) is 3.88. The fraction of sp³-hybridized carbons (Fsp3) is 0.462. The third-order valence-corrected chi connectivity index (χ3v) is 5.82. The Labute approximate surface area is 141 Å². The molecule has 9 heteroatoms. The molecule has 1 amide bonds. The molecule has 0 aliphatic carbocycles. The van der Waals surface area contributed by atoms with Crippen molar-refractivity contribution in [1.82, 2.24) is 8.61 Å². The Kier molecular flexibility index (Phi) is 7.08. The summed E-state index contributed by atoms with van der Waals surface area (Å²) >= 11 is 11.6. The lowest BCUT2D eigenvalue weighted by atomic mass is 10.3. The van der Waals surface area contributed by atoms with E-state index in [1.54, 1.807) is 26.0 Å². The van der Waals surface area contributed by atoms with Gasteiger partial charge in [-0.15, -0.1) is 0 Å². The number of nitrogens with one attached hydrogen (secondary N) is 1. The van der Waals surface area contributed by atoms with Crippen molar-refractivity contribution in [3.63, 3.8) is 0 Å². The van der Waals surface area contributed by atoms with Gasteiger partial charge in [-0.1, -0.05) is 37.0 Å². The molecule has 1 N–H and O–H groups in total. The van der Waals surface area contributed by atoms with E-state index in [-0.39, 0.29) is 6.54 Å². The molecule has 0 radical (unpaired) electrons. The zero-order chi connectivity index (χ0) is 16.9. The van der Waals surface area contributed by atoms with E-state index < -0.39 is 16.1 Å². The molecule has 0 saturated carbocycles. The van der Waals surface area contributed by atoms with Crippen LogP contribution >= 0.6 is 23.2 Å². The summed E-state index contributed by atoms with van der Waals surface area (Å²) in [7, 11) is -2.28. The predicted octanol–water partition coefficient (Wildman–Crippen LogP) is 2.45. The fourth-order valence-corrected chi connectivity index (χ4v) is 3.43. The standard InChI is InChI=1S/C13H19Cl2N3O3S/c1-4-18(5-2)22(20,21)17(3)9-13(19)16-10-6-7-11(14)12(15)8-10/h6-8H,4-5,9H2,1-3H3,(H,16,19). The normalized spacial score (nSPS) is 12.0. The molecule has 0 fully saturated rings. The van der Waals surface area contributed by atoms with Gasteiger partial charge in [0.25, 0.3) is 10.2 Å². The molecule has 0 unspecified atom stereocenters. The van der Waals surface area contributed by atoms with E-state index in [0.717, 1.165) is 4.31 Å². The molecule has 0 aliphatic rings. The Balaban J connectivity index is 2.73. The number of hydrogen-bond donors (Lipinski definition) is 1. The van der Waals surface area contributed by atoms with Gasteiger partial charge in [-0.2, -0.15) is 17.0 Å². The van der Waals surface area contributed by atoms with Crippen molar-refractivity contribution in [3.8, 4) is 0 Å². The Morgan fingerprint density at radius 3 is 2.27 bits per heavy atom. The van der Waals surface area contributed by atoms with Crippen LogP contribution in [-0.4, -0.2) is 49.6 Å². The molecule has 0 spiro atoms. The van der Waals surface area contributed by atoms with Crippen LogP contribution in [0.5, 0.6) is 0 Å². The largest absolute Gasteiger partial charge is 0.325 e. The zero-order valence-corrected chi connectivity index (χ0v) is 15.0. The number of likely N-dealkylation sites (N-methyl/N-ethyl adjacent to an activating group) is 1. The van der Waals surface area contributed by atoms with E-state index in [9.17, 15) is 13.2 Å². The molecule has 6 nitrogen and oxygen atoms in total. The van der Waals surface area contributed by atoms with Crippen LogP contribution in [0.3, 0.4) is 0 Å². The maximum Gasteiger partial charge on any atom is 0.282 e. The molecule has 1 aromatic rings. The molecule has 0 atom stereocenters. The molecular formula is C13H19Cl2N3O3S. The summed E-state index contributed by atoms with van der Waals surface area (Å²) in [5.74, 6) is -0.461. The number of amides is 1. The molecule has 1 aromatic carbocycles. The van der Waals surface area contributed by atoms with Gasteiger partial charge in [0.15, 0.2) is 0 Å². The van der Waals surface area contributed by atoms with E-state index in [4.69, 9.17) is 23.2 Å². The van der Waals surface area contributed by atoms with Gasteiger partial charge in [-0.3, -0.25) is 4.79 Å². The Bertz CT molecular complexity index is 633. The van der Waals surface area contributed by atoms with Crippen molar-refractivity contribution < 1.29 is 13.2 Å². The molecule has 22 heavy (non-hydrogen) atoms. The smallest absolute Gasteiger partial charge is 0.282 e. The van der Waals surface area contributed by atoms with Crippen LogP contribution < -0.4 is 5.32 Å². The molecule has 0 aromatic heterocycles. The van der Waals surface area contributed by atoms with Crippen LogP contribution in [-0.2, 0) is 15.0 Å². The molecule has 0 bridgehead atoms. The van der Waals surface area contributed by atoms with Gasteiger partial charge in [0.2, 0.25) is 5.91 Å². The molecule has 0 heterocycles. The van der Waals surface area contributed by atoms with Gasteiger partial charge in [0.1, 0.15) is 0 Å². The molecule has 0 saturated heterocycles. The number of rotatable bonds is 7. The monoisotopic (exact) mass is 367 g/mol. The summed E-state index contributed by atoms with van der Waals surface area (Å²) in [5.41, 5.74) is 0.452. The third-order valence-electron chi connectivity index (χ3n) is 3.00. The lowest BCUT2D eigenvalue weighted by Crippen LogP contribution is -2.44. The highest BCUT2D eigenvalue weighted by Gasteiger charge is 2.26. The molecule has 124 valence electrons. The van der Waals surface area contributed by atoms with Crippen LogP contribution in [0.15, 0.2) is 18.2 Å². The van der Waals surface area contributed by atoms with Crippen LogP contribution in [0.25, 0.3) is 0 Å². The second-order valence-corrected chi connectivity index (χ2v) is 7.37. The summed E-state index contributed by atoms with van der Waals surface area (Å²) < 4.78 is 26.7. The third kappa shape index (κ3) is 4.82. The lowest BCUT2D eigenvalue weighted by Gasteiger charge is -2.25. The van der Waals surface area contributed by atoms with Gasteiger partial charge < -0.3 is 5.32 Å². The van der Waals surface area contributed by atoms with Gasteiger partial charge in [-0.05, 0) is 18.2 Å². The average molecular weight is 368 g/mol. The second kappa shape index (κ2) is 8.12. The maximum atomic E-state index is 12.2. The Morgan fingerprint density at radius 1 is 1.18 bits per heavy atom. The van der Waals surface area contributed by atoms with Gasteiger partial charge >= 0.3 is 0 Å². The highest BCUT2D eigenvalue weighted by molar-refractivity contribution is 7.86. The van der Waals surface area contributed by atoms with Crippen LogP contribution in [0.1, 0.15) is 13.8 Å². The van der Waals surface area contributed by atoms with Crippen molar-refractivity contribution in [2.45, 2.75) is 13.8 Å². The number of hydrogen-bond acceptors (Lipinski definition) is 3. The predicted molar refractivity (Wildman–Crippen MR) is 89.6 cm³/mol. The van der Waals surface area contributed by atoms with Crippen LogP contribution in [0.2, 0.25) is 10.0 Å². The fourth-order valence-electron chi connectivity index (χ4n) is 1.81. The number of nitrogens with zero attached hydrogens (tertiary/aromatic N) is 2. The first kappa shape index (κ1) is 19.2. The first-order valence-corrected chi connectivity index (χ1v) is 8.84. The molecule has 1 rings (SSSR count). The first-order valence-electron chi connectivity index (χ1n) is 6.68. The lowest BCUT2D eigenvalue weighted by molar-refractivity contribution is -0.116. The number of carbonyl (C=O) groups is 1. The minimum Gasteiger partial charge on any atom is -0.325 e. The summed E-state index contributed by atoms with van der Waals surface area (Å²) in [6, 6.07) is 4.64. The van der Waals surface area contributed by atoms with Crippen LogP contribution in [0.4, 0.5) is 5.69 Å². The second-order valence-electron chi connectivity index (χ2n) is 4.53. The van der Waals surface area contributed by atoms with Crippen molar-refractivity contribution in [3.05, 3.63) is 28.2 Å². The SMILES string of the molecule is CCN(CC)S(=O)(=O)N(C)CC(=O)Nc1ccc(Cl)c(Cl)c1. The van der Waals surface area contributed by atoms with Gasteiger partial charge in [0, 0.05) is 25.8 Å². The molecule has 0 aliphatic heterocycles. The zero-order valence-electron chi connectivity index (χ0n) is 12.6. The summed E-state index contributed by atoms with van der Waals surface area (Å²) in [5, 5.41) is 3.27. The van der Waals surface area contributed by atoms with Crippen molar-refractivity contribution >= 4 is 45.0 Å². The number of halogens is 2. The van der Waals surface area contributed by atoms with Crippen molar-refractivity contribution in [2.24, 2.45) is 0 Å². The summed E-state index contributed by atoms with van der Waals surface area (Å²) in [4.78, 5) is 12.0. The average Bonchev–Trinajstić information content (AvgIpc) is 2.43. The van der Waals surface area contributed by atoms with E-state index in [0.29, 0.717) is 28.8 Å². The minimum atomic E-state index is -3.64. The maximum absolute atomic E-state index is 12.2. The number of benzene rings is 1. The van der Waals surface area contributed by atoms with E-state index in [1.807, 2.05) is 0 Å². The van der Waals surface area contributed by atoms with Crippen molar-refractivity contribution in [1.29, 1.82) is 0 Å². The quantitative estimate of drug-likeness (QED) is 0.804. The van der Waals surface area contributed by atoms with Gasteiger partial charge in [0.05, 0.1) is 16.6 Å². The topological polar surface area (TPSA) is 69.7 Å². The minimum absolute atomic E-state index is 0.293.